The van der Waals surface area contributed by atoms with Crippen LogP contribution in [-0.2, 0) is 0 Å². The van der Waals surface area contributed by atoms with Crippen molar-refractivity contribution in [2.24, 2.45) is 23.7 Å². The summed E-state index contributed by atoms with van der Waals surface area (Å²) in [7, 11) is 0. The molecule has 0 radical (unpaired) electrons. The molecule has 0 aliphatic heterocycles. The first kappa shape index (κ1) is 32.2. The van der Waals surface area contributed by atoms with Crippen LogP contribution in [0, 0.1) is 23.7 Å². The molecule has 0 nitrogen and oxygen atoms in total. The van der Waals surface area contributed by atoms with E-state index in [0.717, 1.165) is 23.7 Å². The van der Waals surface area contributed by atoms with E-state index in [9.17, 15) is 0 Å². The lowest BCUT2D eigenvalue weighted by Gasteiger charge is -2.19. The Morgan fingerprint density at radius 2 is 0.767 bits per heavy atom. The molecule has 0 aromatic heterocycles. The van der Waals surface area contributed by atoms with E-state index in [1.165, 1.54) is 116 Å². The Morgan fingerprint density at radius 1 is 0.400 bits per heavy atom. The zero-order chi connectivity index (χ0) is 23.0. The van der Waals surface area contributed by atoms with E-state index in [2.05, 4.69) is 55.4 Å². The molecule has 0 heterocycles. The van der Waals surface area contributed by atoms with E-state index in [-0.39, 0.29) is 0 Å². The third kappa shape index (κ3) is 26.0. The second kappa shape index (κ2) is 25.3. The van der Waals surface area contributed by atoms with Crippen LogP contribution < -0.4 is 0 Å². The summed E-state index contributed by atoms with van der Waals surface area (Å²) in [6.45, 7) is 18.6. The molecule has 2 unspecified atom stereocenters. The highest BCUT2D eigenvalue weighted by Gasteiger charge is 2.10. The van der Waals surface area contributed by atoms with Crippen molar-refractivity contribution in [2.75, 3.05) is 0 Å². The number of hydrogen-bond acceptors (Lipinski definition) is 0. The van der Waals surface area contributed by atoms with E-state index in [4.69, 9.17) is 0 Å². The van der Waals surface area contributed by atoms with Gasteiger partial charge in [0.15, 0.2) is 0 Å². The summed E-state index contributed by atoms with van der Waals surface area (Å²) < 4.78 is 0. The van der Waals surface area contributed by atoms with Crippen LogP contribution in [0.5, 0.6) is 0 Å². The van der Waals surface area contributed by atoms with Crippen LogP contribution in [0.25, 0.3) is 0 Å². The van der Waals surface area contributed by atoms with E-state index in [0.29, 0.717) is 0 Å². The molecule has 30 heavy (non-hydrogen) atoms. The molecule has 0 N–H and O–H groups in total. The van der Waals surface area contributed by atoms with Crippen molar-refractivity contribution in [3.63, 3.8) is 0 Å². The van der Waals surface area contributed by atoms with Crippen molar-refractivity contribution in [1.82, 2.24) is 0 Å². The largest absolute Gasteiger partial charge is 0.0654 e. The first-order chi connectivity index (χ1) is 14.4. The van der Waals surface area contributed by atoms with Crippen LogP contribution in [0.15, 0.2) is 0 Å². The molecular formula is C30H64. The molecule has 2 atom stereocenters. The summed E-state index contributed by atoms with van der Waals surface area (Å²) in [5, 5.41) is 0. The van der Waals surface area contributed by atoms with Crippen LogP contribution in [0.2, 0.25) is 0 Å². The number of hydrogen-bond donors (Lipinski definition) is 0. The van der Waals surface area contributed by atoms with Crippen LogP contribution in [0.1, 0.15) is 171 Å². The molecule has 0 heteroatoms. The lowest BCUT2D eigenvalue weighted by Crippen LogP contribution is -2.05. The summed E-state index contributed by atoms with van der Waals surface area (Å²) in [6, 6.07) is 0. The number of unbranched alkanes of at least 4 members (excludes halogenated alkanes) is 9. The van der Waals surface area contributed by atoms with Crippen LogP contribution in [0.3, 0.4) is 0 Å². The van der Waals surface area contributed by atoms with E-state index >= 15 is 0 Å². The highest BCUT2D eigenvalue weighted by atomic mass is 14.2. The summed E-state index contributed by atoms with van der Waals surface area (Å²) >= 11 is 0. The van der Waals surface area contributed by atoms with E-state index < -0.39 is 0 Å². The van der Waals surface area contributed by atoms with Gasteiger partial charge in [-0.3, -0.25) is 0 Å². The molecule has 0 fully saturated rings. The SMILES string of the molecule is CCCCC(CC)CC(C)C.CCCCCCCCC(CCCCCC)CC(C)C. The Morgan fingerprint density at radius 3 is 1.20 bits per heavy atom. The minimum absolute atomic E-state index is 0.885. The fourth-order valence-electron chi connectivity index (χ4n) is 4.77. The predicted molar refractivity (Wildman–Crippen MR) is 142 cm³/mol. The van der Waals surface area contributed by atoms with Crippen LogP contribution in [0.4, 0.5) is 0 Å². The van der Waals surface area contributed by atoms with Crippen molar-refractivity contribution in [2.45, 2.75) is 171 Å². The number of rotatable bonds is 20. The molecule has 0 rings (SSSR count). The molecule has 0 aromatic rings. The van der Waals surface area contributed by atoms with Gasteiger partial charge >= 0.3 is 0 Å². The lowest BCUT2D eigenvalue weighted by molar-refractivity contribution is 0.339. The minimum Gasteiger partial charge on any atom is -0.0654 e. The van der Waals surface area contributed by atoms with Gasteiger partial charge < -0.3 is 0 Å². The van der Waals surface area contributed by atoms with E-state index in [1.54, 1.807) is 0 Å². The van der Waals surface area contributed by atoms with E-state index in [1.807, 2.05) is 0 Å². The Kier molecular flexibility index (Phi) is 27.1. The standard InChI is InChI=1S/C19H40.C11H24/c1-5-7-9-11-12-14-16-19(17-18(3)4)15-13-10-8-6-2;1-5-7-8-11(6-2)9-10(3)4/h18-19H,5-17H2,1-4H3;10-11H,5-9H2,1-4H3. The van der Waals surface area contributed by atoms with Crippen molar-refractivity contribution in [1.29, 1.82) is 0 Å². The summed E-state index contributed by atoms with van der Waals surface area (Å²) in [5.74, 6) is 3.78. The first-order valence-electron chi connectivity index (χ1n) is 14.4. The normalized spacial score (nSPS) is 13.4. The van der Waals surface area contributed by atoms with Gasteiger partial charge in [0.05, 0.1) is 0 Å². The molecule has 0 spiro atoms. The van der Waals surface area contributed by atoms with Crippen molar-refractivity contribution in [3.8, 4) is 0 Å². The average molecular weight is 425 g/mol. The molecule has 184 valence electrons. The van der Waals surface area contributed by atoms with Gasteiger partial charge in [-0.1, -0.05) is 158 Å². The highest BCUT2D eigenvalue weighted by molar-refractivity contribution is 4.63. The third-order valence-corrected chi connectivity index (χ3v) is 6.58. The fourth-order valence-corrected chi connectivity index (χ4v) is 4.77. The third-order valence-electron chi connectivity index (χ3n) is 6.58. The highest BCUT2D eigenvalue weighted by Crippen LogP contribution is 2.25. The molecule has 0 aromatic carbocycles. The minimum atomic E-state index is 0.885. The van der Waals surface area contributed by atoms with Crippen molar-refractivity contribution >= 4 is 0 Å². The average Bonchev–Trinajstić information content (AvgIpc) is 2.70. The van der Waals surface area contributed by atoms with Gasteiger partial charge in [-0.15, -0.1) is 0 Å². The van der Waals surface area contributed by atoms with Gasteiger partial charge in [-0.05, 0) is 36.5 Å². The zero-order valence-corrected chi connectivity index (χ0v) is 23.0. The molecule has 0 aliphatic rings. The Labute approximate surface area is 194 Å². The summed E-state index contributed by atoms with van der Waals surface area (Å²) in [5.41, 5.74) is 0. The molecule has 0 saturated carbocycles. The van der Waals surface area contributed by atoms with Gasteiger partial charge in [0.1, 0.15) is 0 Å². The molecule has 0 bridgehead atoms. The monoisotopic (exact) mass is 425 g/mol. The van der Waals surface area contributed by atoms with Crippen LogP contribution >= 0.6 is 0 Å². The topological polar surface area (TPSA) is 0 Å². The zero-order valence-electron chi connectivity index (χ0n) is 23.0. The Hall–Kier alpha value is 0. The molecular weight excluding hydrogens is 360 g/mol. The second-order valence-electron chi connectivity index (χ2n) is 10.9. The molecule has 0 amide bonds. The predicted octanol–water partition coefficient (Wildman–Crippen LogP) is 11.6. The smallest absolute Gasteiger partial charge is 0.0412 e. The Bertz CT molecular complexity index is 290. The summed E-state index contributed by atoms with van der Waals surface area (Å²) in [6.07, 6.45) is 25.9. The summed E-state index contributed by atoms with van der Waals surface area (Å²) in [4.78, 5) is 0. The van der Waals surface area contributed by atoms with Crippen LogP contribution in [-0.4, -0.2) is 0 Å². The Balaban J connectivity index is 0. The van der Waals surface area contributed by atoms with Crippen molar-refractivity contribution in [3.05, 3.63) is 0 Å². The lowest BCUT2D eigenvalue weighted by atomic mass is 9.87. The first-order valence-corrected chi connectivity index (χ1v) is 14.4. The molecule has 0 saturated heterocycles. The maximum absolute atomic E-state index is 2.39. The quantitative estimate of drug-likeness (QED) is 0.170. The van der Waals surface area contributed by atoms with Gasteiger partial charge in [0, 0.05) is 0 Å². The van der Waals surface area contributed by atoms with Gasteiger partial charge in [-0.25, -0.2) is 0 Å². The maximum Gasteiger partial charge on any atom is -0.0412 e. The second-order valence-corrected chi connectivity index (χ2v) is 10.9. The van der Waals surface area contributed by atoms with Crippen molar-refractivity contribution < 1.29 is 0 Å². The van der Waals surface area contributed by atoms with Gasteiger partial charge in [0.2, 0.25) is 0 Å². The maximum atomic E-state index is 2.39. The van der Waals surface area contributed by atoms with Gasteiger partial charge in [0.25, 0.3) is 0 Å². The fraction of sp³-hybridized carbons (Fsp3) is 1.00. The molecule has 0 aliphatic carbocycles. The van der Waals surface area contributed by atoms with Gasteiger partial charge in [-0.2, -0.15) is 0 Å².